The summed E-state index contributed by atoms with van der Waals surface area (Å²) in [5.74, 6) is -1.03. The molecule has 1 fully saturated rings. The molecule has 1 saturated heterocycles. The Morgan fingerprint density at radius 2 is 2.06 bits per heavy atom. The van der Waals surface area contributed by atoms with Crippen molar-refractivity contribution in [1.82, 2.24) is 14.0 Å². The van der Waals surface area contributed by atoms with E-state index in [0.717, 1.165) is 22.7 Å². The van der Waals surface area contributed by atoms with Gasteiger partial charge in [-0.2, -0.15) is 30.9 Å². The first-order valence-corrected chi connectivity index (χ1v) is 10.7. The number of aryl methyl sites for hydroxylation is 1. The van der Waals surface area contributed by atoms with Crippen molar-refractivity contribution in [3.63, 3.8) is 0 Å². The van der Waals surface area contributed by atoms with Crippen LogP contribution in [0.15, 0.2) is 28.9 Å². The zero-order valence-electron chi connectivity index (χ0n) is 16.7. The molecular formula is C18H21F3N4O5S. The molecule has 3 rings (SSSR count). The number of hydrogen-bond acceptors (Lipinski definition) is 7. The zero-order valence-corrected chi connectivity index (χ0v) is 17.5. The molecule has 1 aliphatic rings. The Hall–Kier alpha value is -2.64. The number of halogens is 3. The number of carbonyl (C=O) groups is 1. The molecule has 1 aliphatic heterocycles. The zero-order chi connectivity index (χ0) is 22.8. The van der Waals surface area contributed by atoms with Gasteiger partial charge in [0.05, 0.1) is 11.7 Å². The Labute approximate surface area is 176 Å². The standard InChI is InChI=1S/C18H21F3N4O5S/c1-11-4-5-13(18(19,20)21)8-14(11)22-17-23-15(10-30-17)16(26)24-31(27,28)25-6-3-7-29-12(2)9-25/h4-5,8,10,12H,3,6-7,9H2,1-2H3,(H,22,23)(H,24,26). The van der Waals surface area contributed by atoms with Crippen LogP contribution in [0.3, 0.4) is 0 Å². The minimum atomic E-state index is -4.53. The fraction of sp³-hybridized carbons (Fsp3) is 0.444. The molecule has 13 heteroatoms. The van der Waals surface area contributed by atoms with Gasteiger partial charge >= 0.3 is 16.4 Å². The summed E-state index contributed by atoms with van der Waals surface area (Å²) in [5, 5.41) is 2.57. The first kappa shape index (κ1) is 23.0. The molecule has 2 heterocycles. The third-order valence-electron chi connectivity index (χ3n) is 4.52. The van der Waals surface area contributed by atoms with Crippen molar-refractivity contribution in [2.24, 2.45) is 0 Å². The molecule has 1 atom stereocenters. The molecule has 1 unspecified atom stereocenters. The van der Waals surface area contributed by atoms with Crippen molar-refractivity contribution >= 4 is 27.8 Å². The fourth-order valence-electron chi connectivity index (χ4n) is 2.89. The smallest absolute Gasteiger partial charge is 0.416 e. The monoisotopic (exact) mass is 462 g/mol. The van der Waals surface area contributed by atoms with Crippen LogP contribution >= 0.6 is 0 Å². The Bertz CT molecular complexity index is 1050. The number of nitrogens with one attached hydrogen (secondary N) is 2. The number of hydrogen-bond donors (Lipinski definition) is 2. The summed E-state index contributed by atoms with van der Waals surface area (Å²) in [6, 6.07) is 2.84. The minimum Gasteiger partial charge on any atom is -0.431 e. The lowest BCUT2D eigenvalue weighted by atomic mass is 10.1. The molecular weight excluding hydrogens is 441 g/mol. The van der Waals surface area contributed by atoms with E-state index in [4.69, 9.17) is 9.15 Å². The second-order valence-electron chi connectivity index (χ2n) is 7.02. The number of ether oxygens (including phenoxy) is 1. The van der Waals surface area contributed by atoms with Crippen molar-refractivity contribution in [2.75, 3.05) is 25.0 Å². The van der Waals surface area contributed by atoms with Gasteiger partial charge in [-0.1, -0.05) is 6.07 Å². The SMILES string of the molecule is Cc1ccc(C(F)(F)F)cc1Nc1nc(C(=O)NS(=O)(=O)N2CCCOC(C)C2)co1. The predicted octanol–water partition coefficient (Wildman–Crippen LogP) is 2.83. The maximum Gasteiger partial charge on any atom is 0.416 e. The number of oxazole rings is 1. The van der Waals surface area contributed by atoms with Gasteiger partial charge in [0.2, 0.25) is 0 Å². The Morgan fingerprint density at radius 3 is 2.77 bits per heavy atom. The van der Waals surface area contributed by atoms with Gasteiger partial charge in [0.1, 0.15) is 6.26 Å². The molecule has 1 aromatic heterocycles. The van der Waals surface area contributed by atoms with Crippen molar-refractivity contribution in [2.45, 2.75) is 32.5 Å². The summed E-state index contributed by atoms with van der Waals surface area (Å²) in [6.07, 6.45) is -3.47. The second-order valence-corrected chi connectivity index (χ2v) is 8.69. The molecule has 1 aromatic carbocycles. The minimum absolute atomic E-state index is 0.0785. The summed E-state index contributed by atoms with van der Waals surface area (Å²) in [4.78, 5) is 16.2. The topological polar surface area (TPSA) is 114 Å². The molecule has 31 heavy (non-hydrogen) atoms. The van der Waals surface area contributed by atoms with Gasteiger partial charge in [0.15, 0.2) is 5.69 Å². The lowest BCUT2D eigenvalue weighted by Gasteiger charge is -2.21. The van der Waals surface area contributed by atoms with Gasteiger partial charge in [-0.15, -0.1) is 0 Å². The first-order valence-electron chi connectivity index (χ1n) is 9.30. The average molecular weight is 462 g/mol. The number of aromatic nitrogens is 1. The maximum absolute atomic E-state index is 12.9. The Kier molecular flexibility index (Phi) is 6.57. The molecule has 0 bridgehead atoms. The van der Waals surface area contributed by atoms with Gasteiger partial charge in [-0.3, -0.25) is 4.79 Å². The van der Waals surface area contributed by atoms with Gasteiger partial charge < -0.3 is 14.5 Å². The van der Waals surface area contributed by atoms with E-state index in [1.807, 2.05) is 4.72 Å². The van der Waals surface area contributed by atoms with Crippen LogP contribution in [0.25, 0.3) is 0 Å². The molecule has 0 spiro atoms. The summed E-state index contributed by atoms with van der Waals surface area (Å²) in [6.45, 7) is 3.99. The van der Waals surface area contributed by atoms with Crippen molar-refractivity contribution in [3.8, 4) is 0 Å². The number of carbonyl (C=O) groups excluding carboxylic acids is 1. The summed E-state index contributed by atoms with van der Waals surface area (Å²) >= 11 is 0. The lowest BCUT2D eigenvalue weighted by molar-refractivity contribution is -0.137. The maximum atomic E-state index is 12.9. The molecule has 2 aromatic rings. The third-order valence-corrected chi connectivity index (χ3v) is 5.97. The van der Waals surface area contributed by atoms with Crippen LogP contribution < -0.4 is 10.0 Å². The van der Waals surface area contributed by atoms with Gasteiger partial charge in [-0.25, -0.2) is 4.72 Å². The lowest BCUT2D eigenvalue weighted by Crippen LogP contribution is -2.45. The van der Waals surface area contributed by atoms with Crippen LogP contribution in [0.4, 0.5) is 24.9 Å². The molecule has 9 nitrogen and oxygen atoms in total. The van der Waals surface area contributed by atoms with Crippen LogP contribution in [-0.2, 0) is 21.1 Å². The van der Waals surface area contributed by atoms with E-state index in [1.165, 1.54) is 6.07 Å². The van der Waals surface area contributed by atoms with Crippen LogP contribution in [0.5, 0.6) is 0 Å². The van der Waals surface area contributed by atoms with Crippen molar-refractivity contribution in [1.29, 1.82) is 0 Å². The highest BCUT2D eigenvalue weighted by atomic mass is 32.2. The number of anilines is 2. The largest absolute Gasteiger partial charge is 0.431 e. The summed E-state index contributed by atoms with van der Waals surface area (Å²) < 4.78 is 77.2. The third kappa shape index (κ3) is 5.74. The molecule has 170 valence electrons. The normalized spacial score (nSPS) is 18.4. The molecule has 0 saturated carbocycles. The van der Waals surface area contributed by atoms with E-state index < -0.39 is 27.9 Å². The van der Waals surface area contributed by atoms with E-state index in [0.29, 0.717) is 18.6 Å². The molecule has 0 aliphatic carbocycles. The number of rotatable bonds is 5. The number of nitrogens with zero attached hydrogens (tertiary/aromatic N) is 2. The quantitative estimate of drug-likeness (QED) is 0.702. The Morgan fingerprint density at radius 1 is 1.32 bits per heavy atom. The van der Waals surface area contributed by atoms with Gasteiger partial charge in [0, 0.05) is 25.4 Å². The van der Waals surface area contributed by atoms with Crippen molar-refractivity contribution < 1.29 is 35.5 Å². The first-order chi connectivity index (χ1) is 14.5. The number of amides is 1. The highest BCUT2D eigenvalue weighted by Gasteiger charge is 2.31. The van der Waals surface area contributed by atoms with E-state index in [9.17, 15) is 26.4 Å². The van der Waals surface area contributed by atoms with E-state index >= 15 is 0 Å². The van der Waals surface area contributed by atoms with Crippen LogP contribution in [-0.4, -0.2) is 49.4 Å². The van der Waals surface area contributed by atoms with E-state index in [2.05, 4.69) is 10.3 Å². The Balaban J connectivity index is 1.71. The highest BCUT2D eigenvalue weighted by molar-refractivity contribution is 7.87. The summed E-state index contributed by atoms with van der Waals surface area (Å²) in [5.41, 5.74) is -0.659. The summed E-state index contributed by atoms with van der Waals surface area (Å²) in [7, 11) is -4.14. The van der Waals surface area contributed by atoms with Gasteiger partial charge in [0.25, 0.3) is 11.9 Å². The van der Waals surface area contributed by atoms with Crippen molar-refractivity contribution in [3.05, 3.63) is 41.3 Å². The molecule has 1 amide bonds. The molecule has 2 N–H and O–H groups in total. The van der Waals surface area contributed by atoms with E-state index in [-0.39, 0.29) is 36.6 Å². The molecule has 0 radical (unpaired) electrons. The van der Waals surface area contributed by atoms with Crippen LogP contribution in [0.1, 0.15) is 35.0 Å². The van der Waals surface area contributed by atoms with E-state index in [1.54, 1.807) is 13.8 Å². The number of benzene rings is 1. The van der Waals surface area contributed by atoms with Gasteiger partial charge in [-0.05, 0) is 38.0 Å². The highest BCUT2D eigenvalue weighted by Crippen LogP contribution is 2.32. The second kappa shape index (κ2) is 8.85. The fourth-order valence-corrected chi connectivity index (χ4v) is 4.14. The predicted molar refractivity (Wildman–Crippen MR) is 104 cm³/mol. The average Bonchev–Trinajstić information content (AvgIpc) is 3.02. The van der Waals surface area contributed by atoms with Crippen LogP contribution in [0, 0.1) is 6.92 Å². The van der Waals surface area contributed by atoms with Crippen LogP contribution in [0.2, 0.25) is 0 Å². The number of alkyl halides is 3.